The van der Waals surface area contributed by atoms with Gasteiger partial charge < -0.3 is 0 Å². The van der Waals surface area contributed by atoms with Crippen LogP contribution in [0.3, 0.4) is 0 Å². The lowest BCUT2D eigenvalue weighted by Crippen LogP contribution is -2.23. The van der Waals surface area contributed by atoms with Gasteiger partial charge in [0, 0.05) is 40.0 Å². The van der Waals surface area contributed by atoms with Crippen molar-refractivity contribution in [3.05, 3.63) is 125 Å². The number of pyridine rings is 1. The van der Waals surface area contributed by atoms with Crippen molar-refractivity contribution in [2.75, 3.05) is 0 Å². The van der Waals surface area contributed by atoms with Crippen LogP contribution in [0.2, 0.25) is 0 Å². The first-order chi connectivity index (χ1) is 15.1. The molecule has 0 fully saturated rings. The van der Waals surface area contributed by atoms with Crippen LogP contribution in [0.25, 0.3) is 0 Å². The summed E-state index contributed by atoms with van der Waals surface area (Å²) in [6, 6.07) is 31.4. The predicted molar refractivity (Wildman–Crippen MR) is 137 cm³/mol. The maximum absolute atomic E-state index is 13.3. The Kier molecular flexibility index (Phi) is 6.92. The lowest BCUT2D eigenvalue weighted by molar-refractivity contribution is 0.0981. The predicted octanol–water partition coefficient (Wildman–Crippen LogP) is 6.29. The van der Waals surface area contributed by atoms with Gasteiger partial charge in [-0.05, 0) is 38.7 Å². The minimum absolute atomic E-state index is 0.0800. The van der Waals surface area contributed by atoms with E-state index in [-0.39, 0.29) is 11.4 Å². The summed E-state index contributed by atoms with van der Waals surface area (Å²) in [7, 11) is 0. The van der Waals surface area contributed by atoms with E-state index in [1.165, 1.54) is 0 Å². The summed E-state index contributed by atoms with van der Waals surface area (Å²) in [6.07, 6.45) is 2.09. The molecule has 0 spiro atoms. The maximum atomic E-state index is 13.3. The van der Waals surface area contributed by atoms with Crippen molar-refractivity contribution in [2.45, 2.75) is 12.1 Å². The van der Waals surface area contributed by atoms with E-state index in [1.54, 1.807) is 6.20 Å². The number of carbonyl (C=O) groups excluding carboxylic acids is 1. The van der Waals surface area contributed by atoms with Gasteiger partial charge in [-0.1, -0.05) is 103 Å². The molecule has 4 aromatic rings. The summed E-state index contributed by atoms with van der Waals surface area (Å²) in [5.41, 5.74) is 1.34. The first-order valence-corrected chi connectivity index (χ1v) is 13.7. The van der Waals surface area contributed by atoms with Crippen LogP contribution in [0.1, 0.15) is 28.1 Å². The van der Waals surface area contributed by atoms with Gasteiger partial charge in [0.05, 0.1) is 0 Å². The summed E-state index contributed by atoms with van der Waals surface area (Å²) in [4.78, 5) is 18.0. The number of aromatic nitrogens is 1. The third-order valence-corrected chi connectivity index (χ3v) is 11.2. The largest absolute Gasteiger partial charge is 0.294 e. The molecule has 0 aliphatic rings. The zero-order chi connectivity index (χ0) is 21.7. The first kappa shape index (κ1) is 21.8. The molecule has 0 saturated carbocycles. The van der Waals surface area contributed by atoms with E-state index in [9.17, 15) is 4.79 Å². The number of carbonyl (C=O) groups is 1. The number of Topliss-reactive ketones (excluding diaryl/α,β-unsaturated/α-hetero) is 1. The van der Waals surface area contributed by atoms with E-state index in [2.05, 4.69) is 40.2 Å². The summed E-state index contributed by atoms with van der Waals surface area (Å²) in [5, 5.41) is 2.18. The molecule has 3 aromatic carbocycles. The van der Waals surface area contributed by atoms with Gasteiger partial charge in [0.2, 0.25) is 0 Å². The number of halogens is 1. The summed E-state index contributed by atoms with van der Waals surface area (Å²) < 4.78 is 0.900. The van der Waals surface area contributed by atoms with Crippen molar-refractivity contribution < 1.29 is 4.79 Å². The van der Waals surface area contributed by atoms with Crippen molar-refractivity contribution in [1.29, 1.82) is 0 Å². The first-order valence-electron chi connectivity index (χ1n) is 9.99. The van der Waals surface area contributed by atoms with Gasteiger partial charge in [-0.2, -0.15) is 0 Å². The van der Waals surface area contributed by atoms with Crippen LogP contribution < -0.4 is 10.6 Å². The monoisotopic (exact) mass is 505 g/mol. The number of nitrogens with zero attached hydrogens (tertiary/aromatic N) is 1. The van der Waals surface area contributed by atoms with Gasteiger partial charge in [-0.3, -0.25) is 9.78 Å². The molecule has 0 aliphatic carbocycles. The highest BCUT2D eigenvalue weighted by atomic mass is 79.9. The molecule has 1 atom stereocenters. The average Bonchev–Trinajstić information content (AvgIpc) is 2.84. The van der Waals surface area contributed by atoms with Gasteiger partial charge in [-0.15, -0.1) is 0 Å². The Labute approximate surface area is 196 Å². The van der Waals surface area contributed by atoms with Gasteiger partial charge in [0.25, 0.3) is 0 Å². The number of hydrogen-bond acceptors (Lipinski definition) is 3. The molecular formula is C26H21BrNOPS. The van der Waals surface area contributed by atoms with E-state index < -0.39 is 6.04 Å². The van der Waals surface area contributed by atoms with Crippen molar-refractivity contribution >= 4 is 50.2 Å². The van der Waals surface area contributed by atoms with Gasteiger partial charge >= 0.3 is 0 Å². The summed E-state index contributed by atoms with van der Waals surface area (Å²) in [6.45, 7) is 0. The SMILES string of the molecule is O=C(C[C@@H](c1ccc(Br)cn1)P(=S)(c1ccccc1)c1ccccc1)c1ccccc1. The molecule has 0 N–H and O–H groups in total. The molecule has 1 aromatic heterocycles. The topological polar surface area (TPSA) is 30.0 Å². The Morgan fingerprint density at radius 1 is 0.806 bits per heavy atom. The van der Waals surface area contributed by atoms with Gasteiger partial charge in [-0.25, -0.2) is 0 Å². The minimum atomic E-state index is -2.41. The zero-order valence-corrected chi connectivity index (χ0v) is 20.1. The van der Waals surface area contributed by atoms with Crippen molar-refractivity contribution in [2.24, 2.45) is 0 Å². The maximum Gasteiger partial charge on any atom is 0.163 e. The Morgan fingerprint density at radius 2 is 1.32 bits per heavy atom. The van der Waals surface area contributed by atoms with E-state index in [0.717, 1.165) is 20.8 Å². The Balaban J connectivity index is 1.89. The highest BCUT2D eigenvalue weighted by Crippen LogP contribution is 2.59. The Bertz CT molecular complexity index is 1160. The highest BCUT2D eigenvalue weighted by Gasteiger charge is 2.35. The molecule has 0 saturated heterocycles. The van der Waals surface area contributed by atoms with Crippen LogP contribution in [-0.2, 0) is 11.8 Å². The fraction of sp³-hybridized carbons (Fsp3) is 0.0769. The van der Waals surface area contributed by atoms with Crippen LogP contribution in [0, 0.1) is 0 Å². The van der Waals surface area contributed by atoms with Crippen LogP contribution in [0.4, 0.5) is 0 Å². The third kappa shape index (κ3) is 4.77. The lowest BCUT2D eigenvalue weighted by atomic mass is 10.0. The van der Waals surface area contributed by atoms with Crippen LogP contribution in [0.15, 0.2) is 114 Å². The van der Waals surface area contributed by atoms with Crippen LogP contribution >= 0.6 is 22.0 Å². The van der Waals surface area contributed by atoms with Crippen LogP contribution in [-0.4, -0.2) is 10.8 Å². The molecule has 1 heterocycles. The summed E-state index contributed by atoms with van der Waals surface area (Å²) in [5.74, 6) is 0.0800. The smallest absolute Gasteiger partial charge is 0.163 e. The average molecular weight is 506 g/mol. The Morgan fingerprint density at radius 3 is 1.81 bits per heavy atom. The second kappa shape index (κ2) is 9.82. The molecule has 0 amide bonds. The fourth-order valence-corrected chi connectivity index (χ4v) is 8.44. The minimum Gasteiger partial charge on any atom is -0.294 e. The van der Waals surface area contributed by atoms with E-state index in [0.29, 0.717) is 12.0 Å². The molecule has 2 nitrogen and oxygen atoms in total. The normalized spacial score (nSPS) is 12.3. The number of hydrogen-bond donors (Lipinski definition) is 0. The number of benzene rings is 3. The van der Waals surface area contributed by atoms with Gasteiger partial charge in [0.1, 0.15) is 0 Å². The van der Waals surface area contributed by atoms with Crippen LogP contribution in [0.5, 0.6) is 0 Å². The van der Waals surface area contributed by atoms with E-state index in [1.807, 2.05) is 78.9 Å². The highest BCUT2D eigenvalue weighted by molar-refractivity contribution is 9.10. The second-order valence-electron chi connectivity index (χ2n) is 7.24. The fourth-order valence-electron chi connectivity index (χ4n) is 3.73. The number of ketones is 1. The molecule has 0 unspecified atom stereocenters. The molecule has 0 bridgehead atoms. The number of rotatable bonds is 7. The molecule has 0 radical (unpaired) electrons. The lowest BCUT2D eigenvalue weighted by Gasteiger charge is -2.32. The van der Waals surface area contributed by atoms with Crippen molar-refractivity contribution in [1.82, 2.24) is 4.98 Å². The molecule has 31 heavy (non-hydrogen) atoms. The second-order valence-corrected chi connectivity index (χ2v) is 12.9. The van der Waals surface area contributed by atoms with Gasteiger partial charge in [0.15, 0.2) is 5.78 Å². The van der Waals surface area contributed by atoms with E-state index in [4.69, 9.17) is 16.8 Å². The zero-order valence-electron chi connectivity index (χ0n) is 16.8. The molecule has 4 rings (SSSR count). The molecular weight excluding hydrogens is 485 g/mol. The molecule has 5 heteroatoms. The molecule has 154 valence electrons. The molecule has 0 aliphatic heterocycles. The Hall–Kier alpha value is -2.39. The standard InChI is InChI=1S/C26H21BrNOPS/c27-21-16-17-24(28-19-21)26(18-25(29)20-10-4-1-5-11-20)30(31,22-12-6-2-7-13-22)23-14-8-3-9-15-23/h1-17,19,26H,18H2/t26-/m0/s1. The van der Waals surface area contributed by atoms with Crippen molar-refractivity contribution in [3.8, 4) is 0 Å². The third-order valence-electron chi connectivity index (χ3n) is 5.28. The quantitative estimate of drug-likeness (QED) is 0.218. The van der Waals surface area contributed by atoms with E-state index >= 15 is 0 Å². The summed E-state index contributed by atoms with van der Waals surface area (Å²) >= 11 is 10.0. The van der Waals surface area contributed by atoms with Crippen molar-refractivity contribution in [3.63, 3.8) is 0 Å².